The van der Waals surface area contributed by atoms with Gasteiger partial charge in [-0.2, -0.15) is 5.26 Å². The molecule has 0 saturated carbocycles. The average molecular weight is 504 g/mol. The van der Waals surface area contributed by atoms with E-state index in [-0.39, 0.29) is 27.4 Å². The number of benzene rings is 1. The van der Waals surface area contributed by atoms with Crippen molar-refractivity contribution in [2.24, 2.45) is 10.8 Å². The summed E-state index contributed by atoms with van der Waals surface area (Å²) in [6.07, 6.45) is 0. The molecule has 0 atom stereocenters. The Morgan fingerprint density at radius 3 is 1.22 bits per heavy atom. The number of carbonyl (C=O) groups is 1. The number of carbonyl (C=O) groups excluding carboxylic acids is 1. The van der Waals surface area contributed by atoms with Crippen LogP contribution >= 0.6 is 0 Å². The van der Waals surface area contributed by atoms with Crippen LogP contribution in [0.4, 0.5) is 0 Å². The molecule has 1 aliphatic carbocycles. The minimum atomic E-state index is -0.379. The van der Waals surface area contributed by atoms with Gasteiger partial charge in [0.05, 0.1) is 5.57 Å². The molecule has 37 heavy (non-hydrogen) atoms. The Morgan fingerprint density at radius 2 is 0.973 bits per heavy atom. The van der Waals surface area contributed by atoms with Crippen LogP contribution in [0.2, 0.25) is 0 Å². The summed E-state index contributed by atoms with van der Waals surface area (Å²) in [6.45, 7) is 33.1. The van der Waals surface area contributed by atoms with Gasteiger partial charge < -0.3 is 5.11 Å². The molecule has 0 bridgehead atoms. The lowest BCUT2D eigenvalue weighted by Crippen LogP contribution is -2.31. The van der Waals surface area contributed by atoms with Gasteiger partial charge in [-0.1, -0.05) is 83.1 Å². The summed E-state index contributed by atoms with van der Waals surface area (Å²) >= 11 is 0. The highest BCUT2D eigenvalue weighted by molar-refractivity contribution is 6.14. The van der Waals surface area contributed by atoms with E-state index in [9.17, 15) is 15.2 Å². The van der Waals surface area contributed by atoms with Crippen LogP contribution in [0, 0.1) is 36.0 Å². The number of hydrogen-bond acceptors (Lipinski definition) is 3. The lowest BCUT2D eigenvalue weighted by Gasteiger charge is -2.37. The van der Waals surface area contributed by atoms with E-state index in [0.717, 1.165) is 55.7 Å². The van der Waals surface area contributed by atoms with E-state index in [2.05, 4.69) is 89.2 Å². The number of allylic oxidation sites excluding steroid dienone is 6. The Morgan fingerprint density at radius 1 is 0.649 bits per heavy atom. The van der Waals surface area contributed by atoms with Gasteiger partial charge in [0, 0.05) is 22.3 Å². The van der Waals surface area contributed by atoms with E-state index in [1.165, 1.54) is 0 Å². The highest BCUT2D eigenvalue weighted by atomic mass is 16.3. The van der Waals surface area contributed by atoms with Crippen molar-refractivity contribution in [1.29, 1.82) is 5.26 Å². The summed E-state index contributed by atoms with van der Waals surface area (Å²) in [5.41, 5.74) is 7.78. The minimum absolute atomic E-state index is 0.0842. The zero-order valence-corrected chi connectivity index (χ0v) is 26.3. The Labute approximate surface area is 226 Å². The third kappa shape index (κ3) is 5.22. The fourth-order valence-electron chi connectivity index (χ4n) is 6.64. The molecule has 2 rings (SSSR count). The molecule has 0 unspecified atom stereocenters. The molecule has 3 heteroatoms. The molecule has 1 aromatic carbocycles. The predicted octanol–water partition coefficient (Wildman–Crippen LogP) is 9.19. The number of Topliss-reactive ketones (excluding diaryl/α,β-unsaturated/α-hetero) is 1. The van der Waals surface area contributed by atoms with Crippen molar-refractivity contribution >= 4 is 11.4 Å². The molecule has 0 spiro atoms. The first kappa shape index (κ1) is 30.6. The highest BCUT2D eigenvalue weighted by Crippen LogP contribution is 2.50. The molecule has 1 aliphatic rings. The van der Waals surface area contributed by atoms with Crippen LogP contribution in [0.15, 0.2) is 27.9 Å². The van der Waals surface area contributed by atoms with Crippen molar-refractivity contribution in [3.05, 3.63) is 55.7 Å². The molecular weight excluding hydrogens is 454 g/mol. The number of nitrogens with zero attached hydrogens (tertiary/aromatic N) is 1. The molecule has 0 radical (unpaired) electrons. The van der Waals surface area contributed by atoms with E-state index in [1.807, 2.05) is 27.7 Å². The molecule has 0 aliphatic heterocycles. The molecule has 202 valence electrons. The standard InChI is InChI=1S/C34H49NO2/c1-18-23(19(2)26(32(8,9)10)29(36)25(18)31(5,6)7)22(17-35)24-20(3)27(33(11,12)13)30(37)28(21(24)4)34(14,15)16/h36H,1-16H3. The van der Waals surface area contributed by atoms with Crippen molar-refractivity contribution in [1.82, 2.24) is 0 Å². The third-order valence-electron chi connectivity index (χ3n) is 7.54. The van der Waals surface area contributed by atoms with E-state index >= 15 is 0 Å². The number of aromatic hydroxyl groups is 1. The summed E-state index contributed by atoms with van der Waals surface area (Å²) in [4.78, 5) is 13.9. The number of rotatable bonds is 1. The molecule has 3 nitrogen and oxygen atoms in total. The second-order valence-electron chi connectivity index (χ2n) is 14.9. The van der Waals surface area contributed by atoms with E-state index in [1.54, 1.807) is 0 Å². The monoisotopic (exact) mass is 503 g/mol. The van der Waals surface area contributed by atoms with Gasteiger partial charge in [-0.25, -0.2) is 0 Å². The predicted molar refractivity (Wildman–Crippen MR) is 157 cm³/mol. The third-order valence-corrected chi connectivity index (χ3v) is 7.54. The molecule has 0 saturated heterocycles. The number of nitriles is 1. The normalized spacial score (nSPS) is 16.0. The molecule has 0 heterocycles. The SMILES string of the molecule is CC1=C(C(C)(C)C)C(=O)C(C(C)(C)C)=C(C)C1=C(C#N)c1c(C)c(C(C)(C)C)c(O)c(C(C)(C)C)c1C. The fourth-order valence-corrected chi connectivity index (χ4v) is 6.64. The van der Waals surface area contributed by atoms with Gasteiger partial charge in [0.25, 0.3) is 0 Å². The molecule has 0 fully saturated rings. The van der Waals surface area contributed by atoms with Gasteiger partial charge in [-0.15, -0.1) is 0 Å². The highest BCUT2D eigenvalue weighted by Gasteiger charge is 2.41. The average Bonchev–Trinajstić information content (AvgIpc) is 2.61. The molecule has 1 N–H and O–H groups in total. The number of phenols is 1. The van der Waals surface area contributed by atoms with Gasteiger partial charge in [-0.05, 0) is 82.8 Å². The quantitative estimate of drug-likeness (QED) is 0.389. The maximum absolute atomic E-state index is 13.9. The second-order valence-corrected chi connectivity index (χ2v) is 14.9. The lowest BCUT2D eigenvalue weighted by molar-refractivity contribution is -0.114. The van der Waals surface area contributed by atoms with E-state index in [0.29, 0.717) is 11.3 Å². The van der Waals surface area contributed by atoms with Crippen LogP contribution in [0.3, 0.4) is 0 Å². The zero-order chi connectivity index (χ0) is 29.2. The summed E-state index contributed by atoms with van der Waals surface area (Å²) in [5.74, 6) is 0.408. The van der Waals surface area contributed by atoms with Crippen LogP contribution in [-0.4, -0.2) is 10.9 Å². The second kappa shape index (κ2) is 9.30. The van der Waals surface area contributed by atoms with Gasteiger partial charge in [-0.3, -0.25) is 4.79 Å². The summed E-state index contributed by atoms with van der Waals surface area (Å²) in [6, 6.07) is 2.58. The summed E-state index contributed by atoms with van der Waals surface area (Å²) < 4.78 is 0. The smallest absolute Gasteiger partial charge is 0.186 e. The molecule has 0 aromatic heterocycles. The first-order chi connectivity index (χ1) is 16.4. The van der Waals surface area contributed by atoms with Gasteiger partial charge in [0.15, 0.2) is 5.78 Å². The van der Waals surface area contributed by atoms with Gasteiger partial charge >= 0.3 is 0 Å². The van der Waals surface area contributed by atoms with Crippen molar-refractivity contribution in [2.75, 3.05) is 0 Å². The van der Waals surface area contributed by atoms with Gasteiger partial charge in [0.2, 0.25) is 0 Å². The van der Waals surface area contributed by atoms with Crippen LogP contribution in [-0.2, 0) is 15.6 Å². The first-order valence-electron chi connectivity index (χ1n) is 13.4. The number of hydrogen-bond donors (Lipinski definition) is 1. The first-order valence-corrected chi connectivity index (χ1v) is 13.4. The summed E-state index contributed by atoms with van der Waals surface area (Å²) in [5, 5.41) is 22.4. The largest absolute Gasteiger partial charge is 0.507 e. The molecule has 0 amide bonds. The Bertz CT molecular complexity index is 1210. The van der Waals surface area contributed by atoms with E-state index in [4.69, 9.17) is 0 Å². The minimum Gasteiger partial charge on any atom is -0.507 e. The lowest BCUT2D eigenvalue weighted by atomic mass is 9.65. The maximum atomic E-state index is 13.9. The van der Waals surface area contributed by atoms with Crippen LogP contribution in [0.25, 0.3) is 5.57 Å². The van der Waals surface area contributed by atoms with Gasteiger partial charge in [0.1, 0.15) is 11.8 Å². The Hall–Kier alpha value is -2.60. The fraction of sp³-hybridized carbons (Fsp3) is 0.588. The Kier molecular flexibility index (Phi) is 7.70. The number of ketones is 1. The van der Waals surface area contributed by atoms with Crippen molar-refractivity contribution in [3.8, 4) is 11.8 Å². The maximum Gasteiger partial charge on any atom is 0.186 e. The zero-order valence-electron chi connectivity index (χ0n) is 26.3. The number of phenolic OH excluding ortho intramolecular Hbond substituents is 1. The van der Waals surface area contributed by atoms with E-state index < -0.39 is 0 Å². The molecular formula is C34H49NO2. The van der Waals surface area contributed by atoms with Crippen molar-refractivity contribution < 1.29 is 9.90 Å². The summed E-state index contributed by atoms with van der Waals surface area (Å²) in [7, 11) is 0. The van der Waals surface area contributed by atoms with Crippen LogP contribution < -0.4 is 0 Å². The Balaban J connectivity index is 3.37. The topological polar surface area (TPSA) is 61.1 Å². The van der Waals surface area contributed by atoms with Crippen LogP contribution in [0.1, 0.15) is 125 Å². The van der Waals surface area contributed by atoms with Crippen LogP contribution in [0.5, 0.6) is 5.75 Å². The molecule has 1 aromatic rings. The van der Waals surface area contributed by atoms with Crippen molar-refractivity contribution in [3.63, 3.8) is 0 Å². The van der Waals surface area contributed by atoms with Crippen molar-refractivity contribution in [2.45, 2.75) is 122 Å².